The summed E-state index contributed by atoms with van der Waals surface area (Å²) in [4.78, 5) is 4.45. The smallest absolute Gasteiger partial charge is 0.132 e. The molecule has 3 rings (SSSR count). The number of hydrogen-bond acceptors (Lipinski definition) is 2. The van der Waals surface area contributed by atoms with Crippen LogP contribution in [0, 0.1) is 5.82 Å². The second-order valence-corrected chi connectivity index (χ2v) is 4.13. The Morgan fingerprint density at radius 2 is 1.78 bits per heavy atom. The van der Waals surface area contributed by atoms with Gasteiger partial charge in [-0.2, -0.15) is 0 Å². The highest BCUT2D eigenvalue weighted by Gasteiger charge is 2.07. The average Bonchev–Trinajstić information content (AvgIpc) is 2.41. The highest BCUT2D eigenvalue weighted by Crippen LogP contribution is 2.25. The lowest BCUT2D eigenvalue weighted by atomic mass is 10.1. The molecule has 2 nitrogen and oxygen atoms in total. The lowest BCUT2D eigenvalue weighted by Gasteiger charge is -2.05. The third kappa shape index (κ3) is 1.80. The van der Waals surface area contributed by atoms with Gasteiger partial charge in [-0.3, -0.25) is 0 Å². The first-order chi connectivity index (χ1) is 8.74. The number of anilines is 1. The van der Waals surface area contributed by atoms with Gasteiger partial charge in [0.15, 0.2) is 0 Å². The fraction of sp³-hybridized carbons (Fsp3) is 0. The van der Waals surface area contributed by atoms with Crippen LogP contribution in [0.2, 0.25) is 0 Å². The molecule has 0 aliphatic heterocycles. The lowest BCUT2D eigenvalue weighted by molar-refractivity contribution is 0.631. The molecule has 0 atom stereocenters. The summed E-state index contributed by atoms with van der Waals surface area (Å²) in [6, 6.07) is 16.0. The SMILES string of the molecule is Nc1ccc(F)c(-c2ccc3ccccc3n2)c1. The van der Waals surface area contributed by atoms with Crippen LogP contribution in [0.3, 0.4) is 0 Å². The molecule has 1 heterocycles. The number of fused-ring (bicyclic) bond motifs is 1. The molecule has 2 aromatic carbocycles. The predicted octanol–water partition coefficient (Wildman–Crippen LogP) is 3.62. The standard InChI is InChI=1S/C15H11FN2/c16-13-7-6-11(17)9-12(13)15-8-5-10-3-1-2-4-14(10)18-15/h1-9H,17H2. The maximum atomic E-state index is 13.8. The largest absolute Gasteiger partial charge is 0.399 e. The number of aromatic nitrogens is 1. The van der Waals surface area contributed by atoms with E-state index in [4.69, 9.17) is 5.73 Å². The van der Waals surface area contributed by atoms with Crippen molar-refractivity contribution < 1.29 is 4.39 Å². The summed E-state index contributed by atoms with van der Waals surface area (Å²) >= 11 is 0. The van der Waals surface area contributed by atoms with Crippen LogP contribution in [0.4, 0.5) is 10.1 Å². The Hall–Kier alpha value is -2.42. The van der Waals surface area contributed by atoms with Crippen LogP contribution in [-0.2, 0) is 0 Å². The van der Waals surface area contributed by atoms with Crippen LogP contribution < -0.4 is 5.73 Å². The molecule has 0 spiro atoms. The molecular weight excluding hydrogens is 227 g/mol. The molecule has 1 aromatic heterocycles. The molecule has 0 radical (unpaired) electrons. The first-order valence-corrected chi connectivity index (χ1v) is 5.65. The zero-order chi connectivity index (χ0) is 12.5. The number of hydrogen-bond donors (Lipinski definition) is 1. The monoisotopic (exact) mass is 238 g/mol. The quantitative estimate of drug-likeness (QED) is 0.657. The van der Waals surface area contributed by atoms with Gasteiger partial charge >= 0.3 is 0 Å². The fourth-order valence-electron chi connectivity index (χ4n) is 1.96. The molecule has 0 saturated carbocycles. The third-order valence-electron chi connectivity index (χ3n) is 2.86. The predicted molar refractivity (Wildman–Crippen MR) is 71.5 cm³/mol. The number of nitrogens with zero attached hydrogens (tertiary/aromatic N) is 1. The topological polar surface area (TPSA) is 38.9 Å². The van der Waals surface area contributed by atoms with E-state index in [-0.39, 0.29) is 5.82 Å². The molecule has 0 unspecified atom stereocenters. The zero-order valence-corrected chi connectivity index (χ0v) is 9.60. The Morgan fingerprint density at radius 3 is 2.67 bits per heavy atom. The first-order valence-electron chi connectivity index (χ1n) is 5.65. The van der Waals surface area contributed by atoms with E-state index in [1.54, 1.807) is 18.2 Å². The lowest BCUT2D eigenvalue weighted by Crippen LogP contribution is -1.92. The number of para-hydroxylation sites is 1. The van der Waals surface area contributed by atoms with Crippen LogP contribution in [0.15, 0.2) is 54.6 Å². The van der Waals surface area contributed by atoms with Gasteiger partial charge in [-0.15, -0.1) is 0 Å². The van der Waals surface area contributed by atoms with Gasteiger partial charge in [-0.05, 0) is 30.3 Å². The van der Waals surface area contributed by atoms with Gasteiger partial charge in [0.25, 0.3) is 0 Å². The molecule has 3 heteroatoms. The summed E-state index contributed by atoms with van der Waals surface area (Å²) in [6.45, 7) is 0. The second kappa shape index (κ2) is 4.11. The van der Waals surface area contributed by atoms with E-state index < -0.39 is 0 Å². The van der Waals surface area contributed by atoms with Crippen molar-refractivity contribution >= 4 is 16.6 Å². The minimum atomic E-state index is -0.313. The highest BCUT2D eigenvalue weighted by atomic mass is 19.1. The van der Waals surface area contributed by atoms with E-state index in [1.165, 1.54) is 6.07 Å². The number of nitrogen functional groups attached to an aromatic ring is 1. The van der Waals surface area contributed by atoms with Gasteiger partial charge < -0.3 is 5.73 Å². The maximum absolute atomic E-state index is 13.8. The van der Waals surface area contributed by atoms with Gasteiger partial charge in [-0.1, -0.05) is 24.3 Å². The number of pyridine rings is 1. The van der Waals surface area contributed by atoms with Crippen molar-refractivity contribution in [1.29, 1.82) is 0 Å². The van der Waals surface area contributed by atoms with Gasteiger partial charge in [-0.25, -0.2) is 9.37 Å². The molecule has 2 N–H and O–H groups in total. The molecule has 0 saturated heterocycles. The molecule has 0 amide bonds. The minimum absolute atomic E-state index is 0.313. The highest BCUT2D eigenvalue weighted by molar-refractivity contribution is 5.81. The molecule has 0 fully saturated rings. The van der Waals surface area contributed by atoms with Crippen molar-refractivity contribution in [3.63, 3.8) is 0 Å². The Kier molecular flexibility index (Phi) is 2.45. The fourth-order valence-corrected chi connectivity index (χ4v) is 1.96. The van der Waals surface area contributed by atoms with Crippen molar-refractivity contribution in [2.24, 2.45) is 0 Å². The van der Waals surface area contributed by atoms with E-state index in [1.807, 2.05) is 30.3 Å². The van der Waals surface area contributed by atoms with Crippen molar-refractivity contribution in [3.05, 3.63) is 60.4 Å². The number of benzene rings is 2. The summed E-state index contributed by atoms with van der Waals surface area (Å²) < 4.78 is 13.8. The molecule has 0 aliphatic rings. The van der Waals surface area contributed by atoms with Gasteiger partial charge in [0.05, 0.1) is 11.2 Å². The van der Waals surface area contributed by atoms with Crippen LogP contribution >= 0.6 is 0 Å². The van der Waals surface area contributed by atoms with Gasteiger partial charge in [0, 0.05) is 16.6 Å². The van der Waals surface area contributed by atoms with Crippen LogP contribution in [0.5, 0.6) is 0 Å². The minimum Gasteiger partial charge on any atom is -0.399 e. The van der Waals surface area contributed by atoms with Gasteiger partial charge in [0.2, 0.25) is 0 Å². The Balaban J connectivity index is 2.22. The van der Waals surface area contributed by atoms with Crippen molar-refractivity contribution in [1.82, 2.24) is 4.98 Å². The van der Waals surface area contributed by atoms with E-state index in [9.17, 15) is 4.39 Å². The van der Waals surface area contributed by atoms with E-state index in [0.29, 0.717) is 16.9 Å². The number of halogens is 1. The molecule has 0 bridgehead atoms. The normalized spacial score (nSPS) is 10.7. The Bertz CT molecular complexity index is 723. The van der Waals surface area contributed by atoms with E-state index in [2.05, 4.69) is 4.98 Å². The Morgan fingerprint density at radius 1 is 0.944 bits per heavy atom. The van der Waals surface area contributed by atoms with E-state index >= 15 is 0 Å². The van der Waals surface area contributed by atoms with Crippen molar-refractivity contribution in [2.75, 3.05) is 5.73 Å². The zero-order valence-electron chi connectivity index (χ0n) is 9.60. The van der Waals surface area contributed by atoms with Crippen LogP contribution in [-0.4, -0.2) is 4.98 Å². The molecule has 0 aliphatic carbocycles. The summed E-state index contributed by atoms with van der Waals surface area (Å²) in [5.74, 6) is -0.313. The van der Waals surface area contributed by atoms with Crippen molar-refractivity contribution in [2.45, 2.75) is 0 Å². The summed E-state index contributed by atoms with van der Waals surface area (Å²) in [5, 5.41) is 1.03. The van der Waals surface area contributed by atoms with Crippen molar-refractivity contribution in [3.8, 4) is 11.3 Å². The maximum Gasteiger partial charge on any atom is 0.132 e. The first kappa shape index (κ1) is 10.7. The summed E-state index contributed by atoms with van der Waals surface area (Å²) in [7, 11) is 0. The molecule has 88 valence electrons. The number of nitrogens with two attached hydrogens (primary N) is 1. The van der Waals surface area contributed by atoms with Crippen LogP contribution in [0.1, 0.15) is 0 Å². The molecule has 18 heavy (non-hydrogen) atoms. The molecule has 3 aromatic rings. The van der Waals surface area contributed by atoms with Gasteiger partial charge in [0.1, 0.15) is 5.82 Å². The Labute approximate surface area is 104 Å². The third-order valence-corrected chi connectivity index (χ3v) is 2.86. The number of rotatable bonds is 1. The average molecular weight is 238 g/mol. The second-order valence-electron chi connectivity index (χ2n) is 4.13. The van der Waals surface area contributed by atoms with Crippen LogP contribution in [0.25, 0.3) is 22.2 Å². The molecular formula is C15H11FN2. The summed E-state index contributed by atoms with van der Waals surface area (Å²) in [6.07, 6.45) is 0. The summed E-state index contributed by atoms with van der Waals surface area (Å²) in [5.41, 5.74) is 8.08. The van der Waals surface area contributed by atoms with E-state index in [0.717, 1.165) is 10.9 Å².